The van der Waals surface area contributed by atoms with E-state index in [1.165, 1.54) is 6.20 Å². The summed E-state index contributed by atoms with van der Waals surface area (Å²) in [5, 5.41) is 3.66. The Balaban J connectivity index is 1.74. The van der Waals surface area contributed by atoms with Crippen molar-refractivity contribution in [3.8, 4) is 11.5 Å². The van der Waals surface area contributed by atoms with Crippen molar-refractivity contribution in [1.29, 1.82) is 0 Å². The topological polar surface area (TPSA) is 76.1 Å². The fourth-order valence-electron chi connectivity index (χ4n) is 3.13. The summed E-state index contributed by atoms with van der Waals surface area (Å²) in [5.41, 5.74) is 2.17. The molecule has 0 spiro atoms. The van der Waals surface area contributed by atoms with E-state index in [0.29, 0.717) is 41.1 Å². The number of benzene rings is 1. The number of nitrogens with zero attached hydrogens (tertiary/aromatic N) is 3. The van der Waals surface area contributed by atoms with Gasteiger partial charge in [0.25, 0.3) is 0 Å². The highest BCUT2D eigenvalue weighted by Crippen LogP contribution is 2.38. The van der Waals surface area contributed by atoms with Gasteiger partial charge in [-0.1, -0.05) is 11.6 Å². The molecule has 1 N–H and O–H groups in total. The van der Waals surface area contributed by atoms with Crippen LogP contribution in [-0.2, 0) is 0 Å². The number of ether oxygens (including phenoxy) is 2. The van der Waals surface area contributed by atoms with Crippen LogP contribution in [0.15, 0.2) is 47.4 Å². The SMILES string of the molecule is COc1cc2c(cc1OC)C1=NCCN1C(=CC(=O)c1ccc(Cl)nc1)N2. The molecule has 1 aromatic heterocycles. The minimum atomic E-state index is -0.170. The van der Waals surface area contributed by atoms with Gasteiger partial charge in [0.1, 0.15) is 16.8 Å². The number of carbonyl (C=O) groups is 1. The van der Waals surface area contributed by atoms with Gasteiger partial charge in [-0.25, -0.2) is 4.98 Å². The molecule has 1 aromatic carbocycles. The minimum Gasteiger partial charge on any atom is -0.493 e. The maximum Gasteiger partial charge on any atom is 0.191 e. The van der Waals surface area contributed by atoms with Crippen LogP contribution in [0, 0.1) is 0 Å². The van der Waals surface area contributed by atoms with Gasteiger partial charge < -0.3 is 19.7 Å². The molecule has 138 valence electrons. The number of aromatic nitrogens is 1. The van der Waals surface area contributed by atoms with Crippen LogP contribution in [-0.4, -0.2) is 48.8 Å². The molecule has 2 aliphatic heterocycles. The molecule has 0 bridgehead atoms. The third-order valence-electron chi connectivity index (χ3n) is 4.44. The molecule has 27 heavy (non-hydrogen) atoms. The van der Waals surface area contributed by atoms with Crippen molar-refractivity contribution in [2.75, 3.05) is 32.6 Å². The van der Waals surface area contributed by atoms with Crippen LogP contribution in [0.5, 0.6) is 11.5 Å². The quantitative estimate of drug-likeness (QED) is 0.496. The second-order valence-electron chi connectivity index (χ2n) is 6.00. The third-order valence-corrected chi connectivity index (χ3v) is 4.66. The molecule has 2 aliphatic rings. The number of carbonyl (C=O) groups excluding carboxylic acids is 1. The molecule has 7 nitrogen and oxygen atoms in total. The maximum absolute atomic E-state index is 12.6. The van der Waals surface area contributed by atoms with Gasteiger partial charge >= 0.3 is 0 Å². The molecular weight excluding hydrogens is 368 g/mol. The number of allylic oxidation sites excluding steroid dienone is 1. The summed E-state index contributed by atoms with van der Waals surface area (Å²) < 4.78 is 10.8. The van der Waals surface area contributed by atoms with Crippen LogP contribution in [0.1, 0.15) is 15.9 Å². The lowest BCUT2D eigenvalue weighted by Crippen LogP contribution is -2.36. The van der Waals surface area contributed by atoms with Gasteiger partial charge in [-0.2, -0.15) is 0 Å². The van der Waals surface area contributed by atoms with E-state index < -0.39 is 0 Å². The van der Waals surface area contributed by atoms with Gasteiger partial charge in [0, 0.05) is 36.0 Å². The van der Waals surface area contributed by atoms with Crippen molar-refractivity contribution in [2.24, 2.45) is 4.99 Å². The van der Waals surface area contributed by atoms with Crippen molar-refractivity contribution in [1.82, 2.24) is 9.88 Å². The van der Waals surface area contributed by atoms with Crippen LogP contribution >= 0.6 is 11.6 Å². The largest absolute Gasteiger partial charge is 0.493 e. The summed E-state index contributed by atoms with van der Waals surface area (Å²) in [4.78, 5) is 23.2. The Bertz CT molecular complexity index is 970. The molecule has 3 heterocycles. The van der Waals surface area contributed by atoms with Crippen LogP contribution in [0.4, 0.5) is 5.69 Å². The van der Waals surface area contributed by atoms with Crippen molar-refractivity contribution < 1.29 is 14.3 Å². The Morgan fingerprint density at radius 3 is 2.74 bits per heavy atom. The lowest BCUT2D eigenvalue weighted by molar-refractivity contribution is 0.104. The summed E-state index contributed by atoms with van der Waals surface area (Å²) in [6.45, 7) is 1.34. The van der Waals surface area contributed by atoms with E-state index in [4.69, 9.17) is 21.1 Å². The number of hydrogen-bond donors (Lipinski definition) is 1. The summed E-state index contributed by atoms with van der Waals surface area (Å²) >= 11 is 5.79. The predicted molar refractivity (Wildman–Crippen MR) is 103 cm³/mol. The van der Waals surface area contributed by atoms with E-state index in [9.17, 15) is 4.79 Å². The number of hydrogen-bond acceptors (Lipinski definition) is 7. The Labute approximate surface area is 161 Å². The number of fused-ring (bicyclic) bond motifs is 3. The average molecular weight is 385 g/mol. The molecule has 0 amide bonds. The first kappa shape index (κ1) is 17.4. The number of methoxy groups -OCH3 is 2. The normalized spacial score (nSPS) is 16.3. The molecule has 2 aromatic rings. The van der Waals surface area contributed by atoms with E-state index in [1.54, 1.807) is 32.4 Å². The first-order valence-electron chi connectivity index (χ1n) is 8.33. The van der Waals surface area contributed by atoms with Gasteiger partial charge in [-0.05, 0) is 18.2 Å². The summed E-state index contributed by atoms with van der Waals surface area (Å²) in [7, 11) is 3.18. The smallest absolute Gasteiger partial charge is 0.191 e. The van der Waals surface area contributed by atoms with E-state index in [-0.39, 0.29) is 5.78 Å². The summed E-state index contributed by atoms with van der Waals surface area (Å²) in [5.74, 6) is 2.52. The Kier molecular flexibility index (Phi) is 4.45. The Hall–Kier alpha value is -3.06. The molecule has 0 atom stereocenters. The number of pyridine rings is 1. The molecule has 0 saturated heterocycles. The molecule has 4 rings (SSSR count). The number of amidine groups is 1. The highest BCUT2D eigenvalue weighted by molar-refractivity contribution is 6.29. The molecule has 8 heteroatoms. The van der Waals surface area contributed by atoms with Crippen molar-refractivity contribution in [3.63, 3.8) is 0 Å². The second kappa shape index (κ2) is 6.92. The van der Waals surface area contributed by atoms with Crippen LogP contribution in [0.2, 0.25) is 5.15 Å². The molecule has 0 fully saturated rings. The highest BCUT2D eigenvalue weighted by Gasteiger charge is 2.31. The summed E-state index contributed by atoms with van der Waals surface area (Å²) in [6.07, 6.45) is 3.01. The zero-order valence-electron chi connectivity index (χ0n) is 14.8. The maximum atomic E-state index is 12.6. The van der Waals surface area contributed by atoms with Gasteiger partial charge in [-0.15, -0.1) is 0 Å². The predicted octanol–water partition coefficient (Wildman–Crippen LogP) is 2.96. The van der Waals surface area contributed by atoms with Gasteiger partial charge in [0.05, 0.1) is 26.5 Å². The number of ketones is 1. The average Bonchev–Trinajstić information content (AvgIpc) is 3.18. The number of nitrogens with one attached hydrogen (secondary N) is 1. The van der Waals surface area contributed by atoms with Gasteiger partial charge in [0.2, 0.25) is 0 Å². The van der Waals surface area contributed by atoms with Gasteiger partial charge in [0.15, 0.2) is 17.3 Å². The fraction of sp³-hybridized carbons (Fsp3) is 0.211. The van der Waals surface area contributed by atoms with Crippen molar-refractivity contribution >= 4 is 28.9 Å². The molecule has 0 aliphatic carbocycles. The highest BCUT2D eigenvalue weighted by atomic mass is 35.5. The van der Waals surface area contributed by atoms with Crippen molar-refractivity contribution in [2.45, 2.75) is 0 Å². The summed E-state index contributed by atoms with van der Waals surface area (Å²) in [6, 6.07) is 6.98. The minimum absolute atomic E-state index is 0.170. The van der Waals surface area contributed by atoms with Crippen LogP contribution in [0.25, 0.3) is 0 Å². The monoisotopic (exact) mass is 384 g/mol. The first-order valence-corrected chi connectivity index (χ1v) is 8.71. The van der Waals surface area contributed by atoms with E-state index >= 15 is 0 Å². The number of anilines is 1. The molecular formula is C19H17ClN4O3. The van der Waals surface area contributed by atoms with E-state index in [0.717, 1.165) is 17.1 Å². The lowest BCUT2D eigenvalue weighted by atomic mass is 10.1. The Morgan fingerprint density at radius 2 is 2.04 bits per heavy atom. The zero-order chi connectivity index (χ0) is 19.0. The standard InChI is InChI=1S/C19H17ClN4O3/c1-26-15-7-12-13(8-16(15)27-2)23-18(24-6-5-21-19(12)24)9-14(25)11-3-4-17(20)22-10-11/h3-4,7-10,23H,5-6H2,1-2H3. The first-order chi connectivity index (χ1) is 13.1. The van der Waals surface area contributed by atoms with E-state index in [1.807, 2.05) is 17.0 Å². The molecule has 0 saturated carbocycles. The lowest BCUT2D eigenvalue weighted by Gasteiger charge is -2.31. The second-order valence-corrected chi connectivity index (χ2v) is 6.39. The van der Waals surface area contributed by atoms with Crippen LogP contribution in [0.3, 0.4) is 0 Å². The number of rotatable bonds is 4. The number of aliphatic imine (C=N–C) groups is 1. The zero-order valence-corrected chi connectivity index (χ0v) is 15.6. The third kappa shape index (κ3) is 3.10. The van der Waals surface area contributed by atoms with Crippen molar-refractivity contribution in [3.05, 3.63) is 58.6 Å². The fourth-order valence-corrected chi connectivity index (χ4v) is 3.24. The molecule has 0 unspecified atom stereocenters. The molecule has 0 radical (unpaired) electrons. The van der Waals surface area contributed by atoms with Crippen LogP contribution < -0.4 is 14.8 Å². The Morgan fingerprint density at radius 1 is 1.26 bits per heavy atom. The van der Waals surface area contributed by atoms with Gasteiger partial charge in [-0.3, -0.25) is 9.79 Å². The number of halogens is 1. The van der Waals surface area contributed by atoms with E-state index in [2.05, 4.69) is 15.3 Å².